The molecular weight excluding hydrogens is 212 g/mol. The number of hydrogen-bond donors (Lipinski definition) is 1. The second-order valence-corrected chi connectivity index (χ2v) is 4.50. The molecule has 16 heavy (non-hydrogen) atoms. The molecular formula is C11H15F2N3. The number of halogens is 2. The molecule has 0 radical (unpaired) electrons. The normalized spacial score (nSPS) is 23.0. The van der Waals surface area contributed by atoms with Crippen molar-refractivity contribution in [2.75, 3.05) is 0 Å². The predicted octanol–water partition coefficient (Wildman–Crippen LogP) is 2.15. The Morgan fingerprint density at radius 2 is 1.69 bits per heavy atom. The topological polar surface area (TPSA) is 51.8 Å². The second-order valence-electron chi connectivity index (χ2n) is 4.50. The molecule has 1 heterocycles. The lowest BCUT2D eigenvalue weighted by Gasteiger charge is -2.36. The Balaban J connectivity index is 2.25. The van der Waals surface area contributed by atoms with Gasteiger partial charge < -0.3 is 5.73 Å². The summed E-state index contributed by atoms with van der Waals surface area (Å²) in [7, 11) is 0. The fourth-order valence-electron chi connectivity index (χ4n) is 2.20. The Kier molecular flexibility index (Phi) is 2.66. The van der Waals surface area contributed by atoms with E-state index in [2.05, 4.69) is 9.97 Å². The van der Waals surface area contributed by atoms with Gasteiger partial charge in [0, 0.05) is 25.2 Å². The third kappa shape index (κ3) is 2.04. The van der Waals surface area contributed by atoms with Crippen LogP contribution in [0, 0.1) is 6.92 Å². The van der Waals surface area contributed by atoms with Crippen molar-refractivity contribution in [2.45, 2.75) is 44.1 Å². The highest BCUT2D eigenvalue weighted by molar-refractivity contribution is 5.20. The van der Waals surface area contributed by atoms with Crippen LogP contribution < -0.4 is 5.73 Å². The smallest absolute Gasteiger partial charge is 0.248 e. The zero-order valence-electron chi connectivity index (χ0n) is 9.21. The van der Waals surface area contributed by atoms with E-state index < -0.39 is 11.5 Å². The minimum atomic E-state index is -2.57. The summed E-state index contributed by atoms with van der Waals surface area (Å²) in [6.07, 6.45) is 3.33. The predicted molar refractivity (Wildman–Crippen MR) is 56.0 cm³/mol. The van der Waals surface area contributed by atoms with Gasteiger partial charge in [0.2, 0.25) is 5.92 Å². The molecule has 0 saturated heterocycles. The minimum absolute atomic E-state index is 0.167. The highest BCUT2D eigenvalue weighted by atomic mass is 19.3. The maximum absolute atomic E-state index is 13.1. The summed E-state index contributed by atoms with van der Waals surface area (Å²) in [5.41, 5.74) is 6.82. The van der Waals surface area contributed by atoms with Crippen molar-refractivity contribution in [1.82, 2.24) is 9.97 Å². The summed E-state index contributed by atoms with van der Waals surface area (Å²) >= 11 is 0. The zero-order valence-corrected chi connectivity index (χ0v) is 9.21. The molecule has 0 aromatic carbocycles. The van der Waals surface area contributed by atoms with E-state index in [4.69, 9.17) is 5.73 Å². The summed E-state index contributed by atoms with van der Waals surface area (Å²) in [4.78, 5) is 8.29. The van der Waals surface area contributed by atoms with Gasteiger partial charge in [-0.2, -0.15) is 0 Å². The van der Waals surface area contributed by atoms with Crippen LogP contribution in [-0.4, -0.2) is 15.9 Å². The number of aryl methyl sites for hydroxylation is 1. The van der Waals surface area contributed by atoms with E-state index in [0.717, 1.165) is 5.69 Å². The van der Waals surface area contributed by atoms with E-state index in [1.807, 2.05) is 6.92 Å². The first-order chi connectivity index (χ1) is 7.43. The van der Waals surface area contributed by atoms with Gasteiger partial charge in [-0.05, 0) is 19.8 Å². The maximum Gasteiger partial charge on any atom is 0.248 e. The van der Waals surface area contributed by atoms with Crippen LogP contribution in [0.2, 0.25) is 0 Å². The Hall–Kier alpha value is -1.10. The molecule has 0 spiro atoms. The highest BCUT2D eigenvalue weighted by Gasteiger charge is 2.43. The largest absolute Gasteiger partial charge is 0.320 e. The molecule has 1 fully saturated rings. The highest BCUT2D eigenvalue weighted by Crippen LogP contribution is 2.41. The molecule has 1 aromatic heterocycles. The van der Waals surface area contributed by atoms with Crippen molar-refractivity contribution in [2.24, 2.45) is 5.73 Å². The molecule has 1 aliphatic rings. The number of aromatic nitrogens is 2. The van der Waals surface area contributed by atoms with Crippen LogP contribution in [-0.2, 0) is 5.54 Å². The number of nitrogens with zero attached hydrogens (tertiary/aromatic N) is 2. The van der Waals surface area contributed by atoms with Gasteiger partial charge in [-0.25, -0.2) is 8.78 Å². The fourth-order valence-corrected chi connectivity index (χ4v) is 2.20. The average molecular weight is 227 g/mol. The number of hydrogen-bond acceptors (Lipinski definition) is 3. The first-order valence-electron chi connectivity index (χ1n) is 5.38. The van der Waals surface area contributed by atoms with Crippen LogP contribution >= 0.6 is 0 Å². The van der Waals surface area contributed by atoms with Gasteiger partial charge in [0.1, 0.15) is 0 Å². The molecule has 2 rings (SSSR count). The van der Waals surface area contributed by atoms with E-state index >= 15 is 0 Å². The maximum atomic E-state index is 13.1. The molecule has 1 aromatic rings. The van der Waals surface area contributed by atoms with Crippen LogP contribution in [0.5, 0.6) is 0 Å². The van der Waals surface area contributed by atoms with E-state index in [0.29, 0.717) is 5.69 Å². The van der Waals surface area contributed by atoms with Crippen LogP contribution in [0.25, 0.3) is 0 Å². The molecule has 0 aliphatic heterocycles. The van der Waals surface area contributed by atoms with Crippen molar-refractivity contribution in [1.29, 1.82) is 0 Å². The van der Waals surface area contributed by atoms with Crippen LogP contribution in [0.15, 0.2) is 12.4 Å². The van der Waals surface area contributed by atoms with Crippen molar-refractivity contribution in [3.8, 4) is 0 Å². The van der Waals surface area contributed by atoms with Crippen LogP contribution in [0.3, 0.4) is 0 Å². The molecule has 0 bridgehead atoms. The van der Waals surface area contributed by atoms with Gasteiger partial charge in [0.05, 0.1) is 16.9 Å². The van der Waals surface area contributed by atoms with Gasteiger partial charge in [-0.3, -0.25) is 9.97 Å². The first-order valence-corrected chi connectivity index (χ1v) is 5.38. The van der Waals surface area contributed by atoms with Gasteiger partial charge in [0.25, 0.3) is 0 Å². The van der Waals surface area contributed by atoms with E-state index in [1.165, 1.54) is 0 Å². The van der Waals surface area contributed by atoms with Crippen molar-refractivity contribution in [3.63, 3.8) is 0 Å². The average Bonchev–Trinajstić information content (AvgIpc) is 2.24. The molecule has 0 atom stereocenters. The number of nitrogens with two attached hydrogens (primary N) is 1. The second kappa shape index (κ2) is 3.73. The number of alkyl halides is 2. The van der Waals surface area contributed by atoms with Crippen molar-refractivity contribution >= 4 is 0 Å². The van der Waals surface area contributed by atoms with Gasteiger partial charge in [-0.15, -0.1) is 0 Å². The molecule has 0 amide bonds. The summed E-state index contributed by atoms with van der Waals surface area (Å²) < 4.78 is 26.1. The zero-order chi connectivity index (χ0) is 11.8. The first kappa shape index (κ1) is 11.4. The molecule has 5 heteroatoms. The fraction of sp³-hybridized carbons (Fsp3) is 0.636. The van der Waals surface area contributed by atoms with E-state index in [1.54, 1.807) is 12.4 Å². The summed E-state index contributed by atoms with van der Waals surface area (Å²) in [5.74, 6) is -2.57. The van der Waals surface area contributed by atoms with Gasteiger partial charge >= 0.3 is 0 Å². The molecule has 1 aliphatic carbocycles. The summed E-state index contributed by atoms with van der Waals surface area (Å²) in [5, 5.41) is 0. The summed E-state index contributed by atoms with van der Waals surface area (Å²) in [6, 6.07) is 0. The van der Waals surface area contributed by atoms with Crippen LogP contribution in [0.1, 0.15) is 37.1 Å². The molecule has 2 N–H and O–H groups in total. The van der Waals surface area contributed by atoms with Crippen LogP contribution in [0.4, 0.5) is 8.78 Å². The Morgan fingerprint density at radius 1 is 1.12 bits per heavy atom. The monoisotopic (exact) mass is 227 g/mol. The molecule has 88 valence electrons. The minimum Gasteiger partial charge on any atom is -0.320 e. The molecule has 1 saturated carbocycles. The van der Waals surface area contributed by atoms with Crippen molar-refractivity contribution < 1.29 is 8.78 Å². The van der Waals surface area contributed by atoms with Gasteiger partial charge in [0.15, 0.2) is 0 Å². The lowest BCUT2D eigenvalue weighted by Crippen LogP contribution is -2.44. The molecule has 0 unspecified atom stereocenters. The quantitative estimate of drug-likeness (QED) is 0.799. The van der Waals surface area contributed by atoms with E-state index in [9.17, 15) is 8.78 Å². The Bertz CT molecular complexity index is 383. The Labute approximate surface area is 93.1 Å². The lowest BCUT2D eigenvalue weighted by atomic mass is 9.78. The third-order valence-electron chi connectivity index (χ3n) is 3.23. The summed E-state index contributed by atoms with van der Waals surface area (Å²) in [6.45, 7) is 1.81. The lowest BCUT2D eigenvalue weighted by molar-refractivity contribution is -0.0520. The number of rotatable bonds is 1. The van der Waals surface area contributed by atoms with Crippen molar-refractivity contribution in [3.05, 3.63) is 23.8 Å². The Morgan fingerprint density at radius 3 is 2.25 bits per heavy atom. The molecule has 3 nitrogen and oxygen atoms in total. The third-order valence-corrected chi connectivity index (χ3v) is 3.23. The SMILES string of the molecule is Cc1nccnc1C1(N)CCC(F)(F)CC1. The van der Waals surface area contributed by atoms with Gasteiger partial charge in [-0.1, -0.05) is 0 Å². The standard InChI is InChI=1S/C11H15F2N3/c1-8-9(16-7-6-15-8)10(14)2-4-11(12,13)5-3-10/h6-7H,2-5,14H2,1H3. The van der Waals surface area contributed by atoms with E-state index in [-0.39, 0.29) is 25.7 Å².